The van der Waals surface area contributed by atoms with Crippen LogP contribution in [0.15, 0.2) is 36.4 Å². The highest BCUT2D eigenvalue weighted by atomic mass is 35.5. The quantitative estimate of drug-likeness (QED) is 0.779. The molecule has 5 nitrogen and oxygen atoms in total. The first-order valence-electron chi connectivity index (χ1n) is 7.42. The Morgan fingerprint density at radius 2 is 2.04 bits per heavy atom. The summed E-state index contributed by atoms with van der Waals surface area (Å²) in [5.74, 6) is 0.134. The van der Waals surface area contributed by atoms with E-state index in [1.54, 1.807) is 18.2 Å². The minimum absolute atomic E-state index is 0.154. The van der Waals surface area contributed by atoms with Crippen molar-refractivity contribution in [2.45, 2.75) is 13.5 Å². The Bertz CT molecular complexity index is 934. The van der Waals surface area contributed by atoms with Crippen LogP contribution in [0.1, 0.15) is 23.6 Å². The van der Waals surface area contributed by atoms with Crippen molar-refractivity contribution in [3.63, 3.8) is 0 Å². The van der Waals surface area contributed by atoms with E-state index in [1.165, 1.54) is 6.92 Å². The Labute approximate surface area is 143 Å². The van der Waals surface area contributed by atoms with Crippen molar-refractivity contribution in [2.24, 2.45) is 0 Å². The molecule has 0 atom stereocenters. The molecule has 2 aromatic carbocycles. The fourth-order valence-electron chi connectivity index (χ4n) is 2.99. The molecule has 0 aliphatic carbocycles. The van der Waals surface area contributed by atoms with Crippen molar-refractivity contribution >= 4 is 46.1 Å². The van der Waals surface area contributed by atoms with Gasteiger partial charge in [-0.05, 0) is 30.3 Å². The monoisotopic (exact) mass is 340 g/mol. The summed E-state index contributed by atoms with van der Waals surface area (Å²) < 4.78 is 5.80. The third kappa shape index (κ3) is 2.34. The first kappa shape index (κ1) is 14.8. The van der Waals surface area contributed by atoms with Gasteiger partial charge in [-0.15, -0.1) is 0 Å². The first-order chi connectivity index (χ1) is 11.5. The molecule has 0 aromatic heterocycles. The highest BCUT2D eigenvalue weighted by Gasteiger charge is 2.32. The molecule has 2 aliphatic rings. The molecule has 0 radical (unpaired) electrons. The molecule has 0 unspecified atom stereocenters. The van der Waals surface area contributed by atoms with Crippen molar-refractivity contribution < 1.29 is 14.3 Å². The van der Waals surface area contributed by atoms with Crippen LogP contribution in [-0.2, 0) is 20.9 Å². The van der Waals surface area contributed by atoms with E-state index in [4.69, 9.17) is 16.3 Å². The highest BCUT2D eigenvalue weighted by molar-refractivity contribution is 6.38. The number of nitrogens with one attached hydrogen (secondary N) is 2. The second-order valence-electron chi connectivity index (χ2n) is 5.69. The van der Waals surface area contributed by atoms with Gasteiger partial charge in [0, 0.05) is 40.0 Å². The molecule has 0 spiro atoms. The molecule has 0 saturated heterocycles. The molecule has 2 aliphatic heterocycles. The second kappa shape index (κ2) is 5.39. The maximum Gasteiger partial charge on any atom is 0.260 e. The molecular formula is C18H13ClN2O3. The van der Waals surface area contributed by atoms with Gasteiger partial charge in [0.2, 0.25) is 5.91 Å². The maximum absolute atomic E-state index is 12.4. The summed E-state index contributed by atoms with van der Waals surface area (Å²) in [6.45, 7) is 1.84. The summed E-state index contributed by atoms with van der Waals surface area (Å²) in [6, 6.07) is 10.8. The van der Waals surface area contributed by atoms with E-state index in [2.05, 4.69) is 10.6 Å². The van der Waals surface area contributed by atoms with E-state index in [-0.39, 0.29) is 11.8 Å². The van der Waals surface area contributed by atoms with E-state index in [0.717, 1.165) is 16.7 Å². The van der Waals surface area contributed by atoms with Gasteiger partial charge in [0.25, 0.3) is 5.91 Å². The van der Waals surface area contributed by atoms with Crippen LogP contribution in [0, 0.1) is 0 Å². The lowest BCUT2D eigenvalue weighted by atomic mass is 10.00. The van der Waals surface area contributed by atoms with E-state index >= 15 is 0 Å². The Balaban J connectivity index is 1.88. The van der Waals surface area contributed by atoms with Crippen LogP contribution in [-0.4, -0.2) is 11.8 Å². The molecule has 0 fully saturated rings. The van der Waals surface area contributed by atoms with Gasteiger partial charge in [0.15, 0.2) is 0 Å². The van der Waals surface area contributed by atoms with Gasteiger partial charge in [-0.1, -0.05) is 17.7 Å². The summed E-state index contributed by atoms with van der Waals surface area (Å²) in [6.07, 6.45) is 0. The van der Waals surface area contributed by atoms with Gasteiger partial charge in [-0.25, -0.2) is 0 Å². The van der Waals surface area contributed by atoms with Crippen LogP contribution >= 0.6 is 11.6 Å². The predicted molar refractivity (Wildman–Crippen MR) is 92.4 cm³/mol. The van der Waals surface area contributed by atoms with Crippen molar-refractivity contribution in [1.29, 1.82) is 0 Å². The lowest BCUT2D eigenvalue weighted by Crippen LogP contribution is -2.07. The zero-order chi connectivity index (χ0) is 16.8. The number of carbonyl (C=O) groups excluding carboxylic acids is 2. The number of rotatable bonds is 1. The van der Waals surface area contributed by atoms with Crippen molar-refractivity contribution in [3.8, 4) is 0 Å². The van der Waals surface area contributed by atoms with Crippen molar-refractivity contribution in [2.75, 3.05) is 10.6 Å². The summed E-state index contributed by atoms with van der Waals surface area (Å²) in [5.41, 5.74) is 4.33. The molecule has 24 heavy (non-hydrogen) atoms. The lowest BCUT2D eigenvalue weighted by Gasteiger charge is -2.07. The first-order valence-corrected chi connectivity index (χ1v) is 7.80. The third-order valence-corrected chi connectivity index (χ3v) is 4.24. The number of hydrogen-bond acceptors (Lipinski definition) is 3. The van der Waals surface area contributed by atoms with Crippen LogP contribution in [0.25, 0.3) is 11.3 Å². The minimum Gasteiger partial charge on any atom is -0.487 e. The lowest BCUT2D eigenvalue weighted by molar-refractivity contribution is -0.114. The SMILES string of the molecule is CC(=O)Nc1ccc2c(c1)/C(=C1/C(=O)Nc3ccc(Cl)cc31)OC2. The summed E-state index contributed by atoms with van der Waals surface area (Å²) in [7, 11) is 0. The fraction of sp³-hybridized carbons (Fsp3) is 0.111. The smallest absolute Gasteiger partial charge is 0.260 e. The fourth-order valence-corrected chi connectivity index (χ4v) is 3.17. The number of amides is 2. The molecule has 2 heterocycles. The predicted octanol–water partition coefficient (Wildman–Crippen LogP) is 3.65. The Hall–Kier alpha value is -2.79. The topological polar surface area (TPSA) is 67.4 Å². The molecule has 4 rings (SSSR count). The molecule has 2 aromatic rings. The van der Waals surface area contributed by atoms with E-state index in [9.17, 15) is 9.59 Å². The standard InChI is InChI=1S/C18H13ClN2O3/c1-9(22)20-12-4-2-10-8-24-17(13(10)7-12)16-14-6-11(19)3-5-15(14)21-18(16)23/h2-7H,8H2,1H3,(H,20,22)(H,21,23)/b17-16-. The number of halogens is 1. The van der Waals surface area contributed by atoms with Crippen LogP contribution in [0.4, 0.5) is 11.4 Å². The molecule has 2 N–H and O–H groups in total. The van der Waals surface area contributed by atoms with Gasteiger partial charge in [0.1, 0.15) is 12.4 Å². The molecule has 0 saturated carbocycles. The van der Waals surface area contributed by atoms with Gasteiger partial charge in [-0.2, -0.15) is 0 Å². The van der Waals surface area contributed by atoms with Gasteiger partial charge in [-0.3, -0.25) is 9.59 Å². The van der Waals surface area contributed by atoms with E-state index < -0.39 is 0 Å². The van der Waals surface area contributed by atoms with E-state index in [1.807, 2.05) is 18.2 Å². The number of hydrogen-bond donors (Lipinski definition) is 2. The van der Waals surface area contributed by atoms with Crippen LogP contribution in [0.3, 0.4) is 0 Å². The maximum atomic E-state index is 12.4. The number of carbonyl (C=O) groups is 2. The zero-order valence-electron chi connectivity index (χ0n) is 12.8. The van der Waals surface area contributed by atoms with E-state index in [0.29, 0.717) is 34.3 Å². The molecule has 6 heteroatoms. The number of ether oxygens (including phenoxy) is 1. The Morgan fingerprint density at radius 3 is 2.83 bits per heavy atom. The second-order valence-corrected chi connectivity index (χ2v) is 6.13. The van der Waals surface area contributed by atoms with Crippen molar-refractivity contribution in [1.82, 2.24) is 0 Å². The largest absolute Gasteiger partial charge is 0.487 e. The number of benzene rings is 2. The molecule has 0 bridgehead atoms. The summed E-state index contributed by atoms with van der Waals surface area (Å²) >= 11 is 6.08. The zero-order valence-corrected chi connectivity index (χ0v) is 13.5. The van der Waals surface area contributed by atoms with Gasteiger partial charge >= 0.3 is 0 Å². The van der Waals surface area contributed by atoms with Crippen LogP contribution < -0.4 is 10.6 Å². The number of fused-ring (bicyclic) bond motifs is 2. The average Bonchev–Trinajstić information content (AvgIpc) is 3.06. The molecule has 120 valence electrons. The van der Waals surface area contributed by atoms with Gasteiger partial charge < -0.3 is 15.4 Å². The average molecular weight is 341 g/mol. The molecule has 2 amide bonds. The highest BCUT2D eigenvalue weighted by Crippen LogP contribution is 2.42. The third-order valence-electron chi connectivity index (χ3n) is 4.00. The summed E-state index contributed by atoms with van der Waals surface area (Å²) in [5, 5.41) is 6.12. The number of anilines is 2. The van der Waals surface area contributed by atoms with Gasteiger partial charge in [0.05, 0.1) is 5.57 Å². The van der Waals surface area contributed by atoms with Crippen molar-refractivity contribution in [3.05, 3.63) is 58.1 Å². The van der Waals surface area contributed by atoms with Crippen LogP contribution in [0.2, 0.25) is 5.02 Å². The summed E-state index contributed by atoms with van der Waals surface area (Å²) in [4.78, 5) is 23.7. The Morgan fingerprint density at radius 1 is 1.21 bits per heavy atom. The normalized spacial score (nSPS) is 17.8. The molecular weight excluding hydrogens is 328 g/mol. The van der Waals surface area contributed by atoms with Crippen LogP contribution in [0.5, 0.6) is 0 Å². The minimum atomic E-state index is -0.222. The Kier molecular flexibility index (Phi) is 3.32.